The Morgan fingerprint density at radius 2 is 1.81 bits per heavy atom. The van der Waals surface area contributed by atoms with Crippen LogP contribution in [0.25, 0.3) is 0 Å². The van der Waals surface area contributed by atoms with E-state index >= 15 is 0 Å². The molecule has 1 N–H and O–H groups in total. The Labute approximate surface area is 223 Å². The maximum Gasteiger partial charge on any atom is 0.242 e. The summed E-state index contributed by atoms with van der Waals surface area (Å²) in [5.41, 5.74) is 1.18. The van der Waals surface area contributed by atoms with Gasteiger partial charge in [-0.05, 0) is 49.6 Å². The van der Waals surface area contributed by atoms with E-state index in [1.165, 1.54) is 16.3 Å². The van der Waals surface area contributed by atoms with Crippen LogP contribution in [0.15, 0.2) is 42.5 Å². The number of carbonyl (C=O) groups excluding carboxylic acids is 2. The minimum atomic E-state index is -3.60. The van der Waals surface area contributed by atoms with Gasteiger partial charge in [-0.25, -0.2) is 8.42 Å². The van der Waals surface area contributed by atoms with E-state index in [1.54, 1.807) is 42.5 Å². The summed E-state index contributed by atoms with van der Waals surface area (Å²) in [7, 11) is -2.09. The van der Waals surface area contributed by atoms with Crippen molar-refractivity contribution < 1.29 is 22.7 Å². The largest absolute Gasteiger partial charge is 0.497 e. The molecule has 2 rings (SSSR count). The van der Waals surface area contributed by atoms with Crippen LogP contribution in [-0.4, -0.2) is 57.6 Å². The molecule has 2 aromatic rings. The zero-order chi connectivity index (χ0) is 26.9. The Morgan fingerprint density at radius 3 is 2.39 bits per heavy atom. The lowest BCUT2D eigenvalue weighted by Gasteiger charge is -2.31. The third kappa shape index (κ3) is 8.28. The van der Waals surface area contributed by atoms with Crippen LogP contribution in [0.5, 0.6) is 5.75 Å². The third-order valence-corrected chi connectivity index (χ3v) is 7.50. The molecule has 0 radical (unpaired) electrons. The predicted molar refractivity (Wildman–Crippen MR) is 144 cm³/mol. The molecule has 0 saturated heterocycles. The fourth-order valence-electron chi connectivity index (χ4n) is 3.82. The van der Waals surface area contributed by atoms with Crippen LogP contribution < -0.4 is 14.4 Å². The molecule has 0 aliphatic rings. The maximum absolute atomic E-state index is 13.4. The van der Waals surface area contributed by atoms with Crippen molar-refractivity contribution in [3.8, 4) is 5.75 Å². The lowest BCUT2D eigenvalue weighted by Crippen LogP contribution is -2.49. The number of halogens is 2. The topological polar surface area (TPSA) is 96.0 Å². The fourth-order valence-corrected chi connectivity index (χ4v) is 5.09. The van der Waals surface area contributed by atoms with E-state index in [2.05, 4.69) is 5.32 Å². The molecule has 1 unspecified atom stereocenters. The number of benzene rings is 2. The van der Waals surface area contributed by atoms with E-state index in [1.807, 2.05) is 13.8 Å². The van der Waals surface area contributed by atoms with Crippen molar-refractivity contribution >= 4 is 50.7 Å². The highest BCUT2D eigenvalue weighted by Gasteiger charge is 2.28. The molecule has 0 bridgehead atoms. The van der Waals surface area contributed by atoms with Gasteiger partial charge in [-0.1, -0.05) is 42.3 Å². The van der Waals surface area contributed by atoms with Crippen molar-refractivity contribution in [2.24, 2.45) is 0 Å². The molecule has 2 aromatic carbocycles. The molecule has 0 aliphatic carbocycles. The van der Waals surface area contributed by atoms with Gasteiger partial charge in [-0.15, -0.1) is 0 Å². The average Bonchev–Trinajstić information content (AvgIpc) is 2.83. The molecule has 0 aromatic heterocycles. The van der Waals surface area contributed by atoms with Gasteiger partial charge in [0.2, 0.25) is 21.8 Å². The second-order valence-corrected chi connectivity index (χ2v) is 11.0. The van der Waals surface area contributed by atoms with Crippen molar-refractivity contribution in [3.63, 3.8) is 0 Å². The van der Waals surface area contributed by atoms with Crippen LogP contribution in [0.4, 0.5) is 5.69 Å². The number of rotatable bonds is 13. The summed E-state index contributed by atoms with van der Waals surface area (Å²) in [6.45, 7) is 4.35. The second kappa shape index (κ2) is 13.7. The van der Waals surface area contributed by atoms with Gasteiger partial charge in [-0.3, -0.25) is 13.9 Å². The minimum absolute atomic E-state index is 0.0488. The first-order valence-electron chi connectivity index (χ1n) is 11.6. The molecule has 2 amide bonds. The molecule has 0 saturated carbocycles. The Kier molecular flexibility index (Phi) is 11.3. The Balaban J connectivity index is 2.23. The van der Waals surface area contributed by atoms with Gasteiger partial charge in [0.05, 0.1) is 29.1 Å². The number of sulfonamides is 1. The minimum Gasteiger partial charge on any atom is -0.497 e. The van der Waals surface area contributed by atoms with Crippen LogP contribution in [0.2, 0.25) is 10.0 Å². The van der Waals surface area contributed by atoms with E-state index in [9.17, 15) is 18.0 Å². The highest BCUT2D eigenvalue weighted by molar-refractivity contribution is 7.92. The molecule has 0 fully saturated rings. The number of ether oxygens (including phenoxy) is 1. The van der Waals surface area contributed by atoms with Gasteiger partial charge in [-0.2, -0.15) is 0 Å². The van der Waals surface area contributed by atoms with Gasteiger partial charge in [0.1, 0.15) is 11.8 Å². The lowest BCUT2D eigenvalue weighted by molar-refractivity contribution is -0.141. The Morgan fingerprint density at radius 1 is 1.08 bits per heavy atom. The zero-order valence-electron chi connectivity index (χ0n) is 21.0. The molecule has 198 valence electrons. The number of hydrogen-bond donors (Lipinski definition) is 1. The predicted octanol–water partition coefficient (Wildman–Crippen LogP) is 4.49. The smallest absolute Gasteiger partial charge is 0.242 e. The fraction of sp³-hybridized carbons (Fsp3) is 0.440. The van der Waals surface area contributed by atoms with Crippen LogP contribution in [-0.2, 0) is 26.2 Å². The van der Waals surface area contributed by atoms with Crippen molar-refractivity contribution in [1.82, 2.24) is 10.2 Å². The maximum atomic E-state index is 13.4. The zero-order valence-corrected chi connectivity index (χ0v) is 23.3. The highest BCUT2D eigenvalue weighted by Crippen LogP contribution is 2.26. The second-order valence-electron chi connectivity index (χ2n) is 8.23. The van der Waals surface area contributed by atoms with Gasteiger partial charge >= 0.3 is 0 Å². The van der Waals surface area contributed by atoms with Crippen LogP contribution >= 0.6 is 23.2 Å². The van der Waals surface area contributed by atoms with Crippen molar-refractivity contribution in [3.05, 3.63) is 58.1 Å². The third-order valence-electron chi connectivity index (χ3n) is 5.57. The summed E-state index contributed by atoms with van der Waals surface area (Å²) < 4.78 is 31.4. The molecule has 1 atom stereocenters. The summed E-state index contributed by atoms with van der Waals surface area (Å²) in [5.74, 6) is 0.0126. The molecule has 0 spiro atoms. The van der Waals surface area contributed by atoms with Crippen LogP contribution in [0, 0.1) is 0 Å². The molecule has 36 heavy (non-hydrogen) atoms. The van der Waals surface area contributed by atoms with Crippen LogP contribution in [0.3, 0.4) is 0 Å². The molecule has 0 heterocycles. The lowest BCUT2D eigenvalue weighted by atomic mass is 10.1. The van der Waals surface area contributed by atoms with Crippen molar-refractivity contribution in [1.29, 1.82) is 0 Å². The molecule has 0 aliphatic heterocycles. The number of nitrogens with zero attached hydrogens (tertiary/aromatic N) is 2. The monoisotopic (exact) mass is 557 g/mol. The molecule has 8 nitrogen and oxygen atoms in total. The van der Waals surface area contributed by atoms with Gasteiger partial charge in [0.15, 0.2) is 0 Å². The first-order chi connectivity index (χ1) is 17.0. The quantitative estimate of drug-likeness (QED) is 0.391. The number of carbonyl (C=O) groups is 2. The SMILES string of the molecule is CCNC(=O)C(CC)N(Cc1ccc(Cl)c(Cl)c1)C(=O)CCCN(c1cccc(OC)c1)S(C)(=O)=O. The average molecular weight is 559 g/mol. The summed E-state index contributed by atoms with van der Waals surface area (Å²) in [5, 5.41) is 3.54. The van der Waals surface area contributed by atoms with Crippen molar-refractivity contribution in [2.75, 3.05) is 30.8 Å². The van der Waals surface area contributed by atoms with Gasteiger partial charge in [0, 0.05) is 32.1 Å². The first kappa shape index (κ1) is 29.7. The van der Waals surface area contributed by atoms with E-state index in [0.717, 1.165) is 11.8 Å². The van der Waals surface area contributed by atoms with E-state index in [4.69, 9.17) is 27.9 Å². The number of likely N-dealkylation sites (N-methyl/N-ethyl adjacent to an activating group) is 1. The number of amides is 2. The number of hydrogen-bond acceptors (Lipinski definition) is 5. The van der Waals surface area contributed by atoms with Gasteiger partial charge in [0.25, 0.3) is 0 Å². The molecule has 11 heteroatoms. The molecular formula is C25H33Cl2N3O5S. The van der Waals surface area contributed by atoms with Crippen LogP contribution in [0.1, 0.15) is 38.7 Å². The number of nitrogens with one attached hydrogen (secondary N) is 1. The number of anilines is 1. The molecular weight excluding hydrogens is 525 g/mol. The number of methoxy groups -OCH3 is 1. The summed E-state index contributed by atoms with van der Waals surface area (Å²) in [6, 6.07) is 11.1. The van der Waals surface area contributed by atoms with E-state index in [-0.39, 0.29) is 37.7 Å². The summed E-state index contributed by atoms with van der Waals surface area (Å²) in [4.78, 5) is 27.6. The Bertz CT molecular complexity index is 1160. The normalized spacial score (nSPS) is 12.1. The standard InChI is InChI=1S/C25H33Cl2N3O5S/c1-5-23(25(32)28-6-2)29(17-18-12-13-21(26)22(27)15-18)24(31)11-8-14-30(36(4,33)34)19-9-7-10-20(16-19)35-3/h7,9-10,12-13,15-16,23H,5-6,8,11,14,17H2,1-4H3,(H,28,32). The Hall–Kier alpha value is -2.49. The first-order valence-corrected chi connectivity index (χ1v) is 14.2. The van der Waals surface area contributed by atoms with E-state index < -0.39 is 16.1 Å². The highest BCUT2D eigenvalue weighted by atomic mass is 35.5. The summed E-state index contributed by atoms with van der Waals surface area (Å²) in [6.07, 6.45) is 1.84. The van der Waals surface area contributed by atoms with E-state index in [0.29, 0.717) is 34.4 Å². The van der Waals surface area contributed by atoms with Crippen molar-refractivity contribution in [2.45, 2.75) is 45.7 Å². The summed E-state index contributed by atoms with van der Waals surface area (Å²) >= 11 is 12.2. The van der Waals surface area contributed by atoms with Gasteiger partial charge < -0.3 is 15.0 Å².